The van der Waals surface area contributed by atoms with Crippen molar-refractivity contribution in [1.82, 2.24) is 0 Å². The third kappa shape index (κ3) is 2.59. The molecule has 17 heavy (non-hydrogen) atoms. The minimum Gasteiger partial charge on any atom is -0.299 e. The Morgan fingerprint density at radius 3 is 2.47 bits per heavy atom. The minimum absolute atomic E-state index is 0.425. The summed E-state index contributed by atoms with van der Waals surface area (Å²) in [6.45, 7) is 0. The molecule has 0 saturated heterocycles. The van der Waals surface area contributed by atoms with Crippen molar-refractivity contribution in [2.24, 2.45) is 17.8 Å². The van der Waals surface area contributed by atoms with Crippen LogP contribution in [-0.2, 0) is 11.2 Å². The molecule has 1 aromatic carbocycles. The van der Waals surface area contributed by atoms with Crippen LogP contribution >= 0.6 is 0 Å². The first kappa shape index (κ1) is 11.0. The van der Waals surface area contributed by atoms with Crippen LogP contribution in [0.15, 0.2) is 30.3 Å². The Labute approximate surface area is 103 Å². The van der Waals surface area contributed by atoms with E-state index in [-0.39, 0.29) is 0 Å². The van der Waals surface area contributed by atoms with E-state index in [0.717, 1.165) is 31.1 Å². The van der Waals surface area contributed by atoms with Gasteiger partial charge in [-0.1, -0.05) is 30.3 Å². The lowest BCUT2D eigenvalue weighted by molar-refractivity contribution is -0.123. The summed E-state index contributed by atoms with van der Waals surface area (Å²) < 4.78 is 0. The maximum Gasteiger partial charge on any atom is 0.136 e. The normalized spacial score (nSPS) is 30.0. The molecule has 0 N–H and O–H groups in total. The number of fused-ring (bicyclic) bond motifs is 1. The van der Waals surface area contributed by atoms with E-state index in [9.17, 15) is 4.79 Å². The largest absolute Gasteiger partial charge is 0.299 e. The molecule has 2 atom stereocenters. The van der Waals surface area contributed by atoms with Gasteiger partial charge in [0.1, 0.15) is 5.78 Å². The van der Waals surface area contributed by atoms with Gasteiger partial charge in [-0.15, -0.1) is 0 Å². The summed E-state index contributed by atoms with van der Waals surface area (Å²) in [6, 6.07) is 10.5. The average Bonchev–Trinajstić information content (AvgIpc) is 2.97. The lowest BCUT2D eigenvalue weighted by atomic mass is 9.94. The highest BCUT2D eigenvalue weighted by Gasteiger charge is 2.47. The molecule has 0 bridgehead atoms. The van der Waals surface area contributed by atoms with Crippen LogP contribution in [-0.4, -0.2) is 5.78 Å². The Balaban J connectivity index is 1.41. The van der Waals surface area contributed by atoms with Crippen molar-refractivity contribution in [1.29, 1.82) is 0 Å². The second kappa shape index (κ2) is 4.64. The van der Waals surface area contributed by atoms with E-state index in [0.29, 0.717) is 11.7 Å². The molecule has 0 aliphatic heterocycles. The number of carbonyl (C=O) groups excluding carboxylic acids is 1. The van der Waals surface area contributed by atoms with Gasteiger partial charge in [-0.05, 0) is 49.5 Å². The number of rotatable bonds is 5. The molecule has 2 aliphatic rings. The molecular weight excluding hydrogens is 208 g/mol. The van der Waals surface area contributed by atoms with E-state index in [1.165, 1.54) is 24.8 Å². The van der Waals surface area contributed by atoms with E-state index in [1.807, 2.05) is 6.07 Å². The molecule has 0 heterocycles. The fourth-order valence-electron chi connectivity index (χ4n) is 3.29. The second-order valence-electron chi connectivity index (χ2n) is 5.73. The van der Waals surface area contributed by atoms with Crippen LogP contribution in [0.1, 0.15) is 37.7 Å². The second-order valence-corrected chi connectivity index (χ2v) is 5.73. The van der Waals surface area contributed by atoms with E-state index in [4.69, 9.17) is 0 Å². The molecule has 1 nitrogen and oxygen atoms in total. The zero-order valence-electron chi connectivity index (χ0n) is 10.3. The van der Waals surface area contributed by atoms with Gasteiger partial charge in [0.15, 0.2) is 0 Å². The summed E-state index contributed by atoms with van der Waals surface area (Å²) in [6.07, 6.45) is 6.68. The van der Waals surface area contributed by atoms with Crippen LogP contribution in [0.25, 0.3) is 0 Å². The number of benzene rings is 1. The van der Waals surface area contributed by atoms with Gasteiger partial charge >= 0.3 is 0 Å². The summed E-state index contributed by atoms with van der Waals surface area (Å²) in [5, 5.41) is 0. The van der Waals surface area contributed by atoms with Crippen molar-refractivity contribution >= 4 is 5.78 Å². The number of carbonyl (C=O) groups is 1. The maximum absolute atomic E-state index is 12.0. The predicted molar refractivity (Wildman–Crippen MR) is 68.7 cm³/mol. The van der Waals surface area contributed by atoms with Crippen LogP contribution in [0.2, 0.25) is 0 Å². The smallest absolute Gasteiger partial charge is 0.136 e. The molecule has 1 aromatic rings. The highest BCUT2D eigenvalue weighted by atomic mass is 16.1. The maximum atomic E-state index is 12.0. The predicted octanol–water partition coefficient (Wildman–Crippen LogP) is 3.62. The lowest BCUT2D eigenvalue weighted by Crippen LogP contribution is -2.12. The minimum atomic E-state index is 0.425. The molecule has 2 saturated carbocycles. The molecule has 2 unspecified atom stereocenters. The van der Waals surface area contributed by atoms with Crippen molar-refractivity contribution in [3.63, 3.8) is 0 Å². The number of ketones is 1. The third-order valence-corrected chi connectivity index (χ3v) is 4.43. The summed E-state index contributed by atoms with van der Waals surface area (Å²) in [7, 11) is 0. The molecule has 0 aromatic heterocycles. The highest BCUT2D eigenvalue weighted by molar-refractivity contribution is 5.81. The standard InChI is InChI=1S/C16H20O/c17-16(15-10-13-9-14(13)11-15)8-4-7-12-5-2-1-3-6-12/h1-3,5-6,13-15H,4,7-11H2. The Kier molecular flexibility index (Phi) is 3.00. The van der Waals surface area contributed by atoms with E-state index in [1.54, 1.807) is 0 Å². The zero-order chi connectivity index (χ0) is 11.7. The molecule has 3 rings (SSSR count). The van der Waals surface area contributed by atoms with Crippen molar-refractivity contribution in [3.05, 3.63) is 35.9 Å². The SMILES string of the molecule is O=C(CCCc1ccccc1)C1CC2CC2C1. The van der Waals surface area contributed by atoms with Crippen molar-refractivity contribution in [3.8, 4) is 0 Å². The Bertz CT molecular complexity index is 385. The molecule has 2 aliphatic carbocycles. The highest BCUT2D eigenvalue weighted by Crippen LogP contribution is 2.54. The van der Waals surface area contributed by atoms with Gasteiger partial charge in [-0.3, -0.25) is 4.79 Å². The molecule has 1 heteroatoms. The topological polar surface area (TPSA) is 17.1 Å². The Morgan fingerprint density at radius 1 is 1.06 bits per heavy atom. The molecule has 0 radical (unpaired) electrons. The first-order valence-electron chi connectivity index (χ1n) is 6.89. The van der Waals surface area contributed by atoms with E-state index >= 15 is 0 Å². The summed E-state index contributed by atoms with van der Waals surface area (Å²) >= 11 is 0. The van der Waals surface area contributed by atoms with Crippen LogP contribution in [0, 0.1) is 17.8 Å². The first-order valence-corrected chi connectivity index (χ1v) is 6.89. The average molecular weight is 228 g/mol. The number of Topliss-reactive ketones (excluding diaryl/α,β-unsaturated/α-hetero) is 1. The zero-order valence-corrected chi connectivity index (χ0v) is 10.3. The van der Waals surface area contributed by atoms with Gasteiger partial charge in [-0.2, -0.15) is 0 Å². The molecule has 0 spiro atoms. The first-order chi connectivity index (χ1) is 8.33. The number of hydrogen-bond donors (Lipinski definition) is 0. The van der Waals surface area contributed by atoms with Crippen molar-refractivity contribution in [2.75, 3.05) is 0 Å². The monoisotopic (exact) mass is 228 g/mol. The fraction of sp³-hybridized carbons (Fsp3) is 0.562. The third-order valence-electron chi connectivity index (χ3n) is 4.43. The van der Waals surface area contributed by atoms with Gasteiger partial charge in [0.25, 0.3) is 0 Å². The summed E-state index contributed by atoms with van der Waals surface area (Å²) in [5.41, 5.74) is 1.36. The quantitative estimate of drug-likeness (QED) is 0.752. The fourth-order valence-corrected chi connectivity index (χ4v) is 3.29. The van der Waals surface area contributed by atoms with E-state index in [2.05, 4.69) is 24.3 Å². The van der Waals surface area contributed by atoms with Crippen LogP contribution < -0.4 is 0 Å². The van der Waals surface area contributed by atoms with Crippen LogP contribution in [0.3, 0.4) is 0 Å². The molecule has 2 fully saturated rings. The summed E-state index contributed by atoms with van der Waals surface area (Å²) in [5.74, 6) is 2.82. The Morgan fingerprint density at radius 2 is 1.76 bits per heavy atom. The number of hydrogen-bond acceptors (Lipinski definition) is 1. The Hall–Kier alpha value is -1.11. The van der Waals surface area contributed by atoms with E-state index < -0.39 is 0 Å². The van der Waals surface area contributed by atoms with Crippen molar-refractivity contribution in [2.45, 2.75) is 38.5 Å². The molecule has 0 amide bonds. The lowest BCUT2D eigenvalue weighted by Gasteiger charge is -2.10. The van der Waals surface area contributed by atoms with Gasteiger partial charge in [-0.25, -0.2) is 0 Å². The van der Waals surface area contributed by atoms with Crippen LogP contribution in [0.5, 0.6) is 0 Å². The molecular formula is C16H20O. The van der Waals surface area contributed by atoms with Gasteiger partial charge < -0.3 is 0 Å². The van der Waals surface area contributed by atoms with Gasteiger partial charge in [0, 0.05) is 12.3 Å². The van der Waals surface area contributed by atoms with Crippen molar-refractivity contribution < 1.29 is 4.79 Å². The summed E-state index contributed by atoms with van der Waals surface area (Å²) in [4.78, 5) is 12.0. The van der Waals surface area contributed by atoms with Crippen LogP contribution in [0.4, 0.5) is 0 Å². The van der Waals surface area contributed by atoms with Gasteiger partial charge in [0.05, 0.1) is 0 Å². The molecule has 90 valence electrons. The number of aryl methyl sites for hydroxylation is 1. The van der Waals surface area contributed by atoms with Gasteiger partial charge in [0.2, 0.25) is 0 Å².